The summed E-state index contributed by atoms with van der Waals surface area (Å²) in [6.07, 6.45) is 1.99. The van der Waals surface area contributed by atoms with Gasteiger partial charge >= 0.3 is 0 Å². The second-order valence-corrected chi connectivity index (χ2v) is 5.53. The molecule has 1 aromatic carbocycles. The number of benzene rings is 1. The summed E-state index contributed by atoms with van der Waals surface area (Å²) in [4.78, 5) is 0. The van der Waals surface area contributed by atoms with Crippen molar-refractivity contribution in [1.29, 1.82) is 0 Å². The molecule has 2 aromatic heterocycles. The van der Waals surface area contributed by atoms with Crippen molar-refractivity contribution < 1.29 is 0 Å². The quantitative estimate of drug-likeness (QED) is 0.799. The number of hydrogen-bond acceptors (Lipinski definition) is 3. The van der Waals surface area contributed by atoms with Gasteiger partial charge in [0.15, 0.2) is 11.5 Å². The van der Waals surface area contributed by atoms with Gasteiger partial charge in [-0.1, -0.05) is 23.8 Å². The summed E-state index contributed by atoms with van der Waals surface area (Å²) in [5, 5.41) is 11.9. The van der Waals surface area contributed by atoms with Crippen LogP contribution < -0.4 is 5.32 Å². The number of nitrogens with zero attached hydrogens (tertiary/aromatic N) is 3. The van der Waals surface area contributed by atoms with Gasteiger partial charge in [0.05, 0.1) is 6.54 Å². The maximum atomic E-state index is 4.24. The maximum Gasteiger partial charge on any atom is 0.160 e. The molecule has 108 valence electrons. The van der Waals surface area contributed by atoms with Crippen LogP contribution in [0.25, 0.3) is 5.65 Å². The Kier molecular flexibility index (Phi) is 3.71. The molecule has 0 saturated carbocycles. The summed E-state index contributed by atoms with van der Waals surface area (Å²) >= 11 is 0. The van der Waals surface area contributed by atoms with Gasteiger partial charge in [-0.2, -0.15) is 0 Å². The van der Waals surface area contributed by atoms with Crippen molar-refractivity contribution in [3.8, 4) is 0 Å². The van der Waals surface area contributed by atoms with Gasteiger partial charge in [0.25, 0.3) is 0 Å². The number of aryl methyl sites for hydroxylation is 3. The molecule has 4 heteroatoms. The molecule has 0 spiro atoms. The molecule has 2 heterocycles. The monoisotopic (exact) mass is 280 g/mol. The van der Waals surface area contributed by atoms with Gasteiger partial charge in [0.1, 0.15) is 0 Å². The Morgan fingerprint density at radius 1 is 1.00 bits per heavy atom. The molecule has 0 fully saturated rings. The minimum atomic E-state index is 0.706. The first kappa shape index (κ1) is 13.8. The van der Waals surface area contributed by atoms with Gasteiger partial charge in [-0.05, 0) is 49.6 Å². The highest BCUT2D eigenvalue weighted by Gasteiger charge is 2.06. The van der Waals surface area contributed by atoms with Crippen molar-refractivity contribution in [2.75, 3.05) is 0 Å². The molecule has 0 unspecified atom stereocenters. The Balaban J connectivity index is 1.72. The third-order valence-corrected chi connectivity index (χ3v) is 3.81. The topological polar surface area (TPSA) is 42.2 Å². The Bertz CT molecular complexity index is 750. The average molecular weight is 280 g/mol. The van der Waals surface area contributed by atoms with Gasteiger partial charge in [0, 0.05) is 12.7 Å². The lowest BCUT2D eigenvalue weighted by molar-refractivity contribution is 0.652. The predicted molar refractivity (Wildman–Crippen MR) is 84.2 cm³/mol. The maximum absolute atomic E-state index is 4.24. The zero-order valence-electron chi connectivity index (χ0n) is 12.7. The predicted octanol–water partition coefficient (Wildman–Crippen LogP) is 2.94. The fourth-order valence-corrected chi connectivity index (χ4v) is 2.80. The van der Waals surface area contributed by atoms with Crippen LogP contribution in [0.15, 0.2) is 36.5 Å². The number of pyridine rings is 1. The molecule has 3 aromatic rings. The Morgan fingerprint density at radius 3 is 2.52 bits per heavy atom. The highest BCUT2D eigenvalue weighted by Crippen LogP contribution is 2.16. The van der Waals surface area contributed by atoms with Crippen LogP contribution in [0, 0.1) is 20.8 Å². The molecule has 0 amide bonds. The number of rotatable bonds is 4. The third-order valence-electron chi connectivity index (χ3n) is 3.81. The minimum Gasteiger partial charge on any atom is -0.306 e. The summed E-state index contributed by atoms with van der Waals surface area (Å²) in [6, 6.07) is 10.4. The number of nitrogens with one attached hydrogen (secondary N) is 1. The lowest BCUT2D eigenvalue weighted by Crippen LogP contribution is -2.16. The minimum absolute atomic E-state index is 0.706. The normalized spacial score (nSPS) is 11.2. The largest absolute Gasteiger partial charge is 0.306 e. The van der Waals surface area contributed by atoms with E-state index in [9.17, 15) is 0 Å². The highest BCUT2D eigenvalue weighted by atomic mass is 15.3. The summed E-state index contributed by atoms with van der Waals surface area (Å²) in [5.74, 6) is 0.938. The zero-order valence-corrected chi connectivity index (χ0v) is 12.7. The Morgan fingerprint density at radius 2 is 1.76 bits per heavy atom. The van der Waals surface area contributed by atoms with Crippen LogP contribution in [0.3, 0.4) is 0 Å². The Hall–Kier alpha value is -2.20. The van der Waals surface area contributed by atoms with Crippen LogP contribution >= 0.6 is 0 Å². The van der Waals surface area contributed by atoms with Gasteiger partial charge in [-0.25, -0.2) is 0 Å². The van der Waals surface area contributed by atoms with E-state index in [2.05, 4.69) is 48.4 Å². The molecule has 0 aliphatic heterocycles. The van der Waals surface area contributed by atoms with E-state index in [0.717, 1.165) is 18.0 Å². The van der Waals surface area contributed by atoms with Crippen molar-refractivity contribution in [3.63, 3.8) is 0 Å². The fourth-order valence-electron chi connectivity index (χ4n) is 2.80. The smallest absolute Gasteiger partial charge is 0.160 e. The molecule has 0 saturated heterocycles. The third kappa shape index (κ3) is 2.81. The van der Waals surface area contributed by atoms with Crippen LogP contribution in [0.4, 0.5) is 0 Å². The van der Waals surface area contributed by atoms with Crippen molar-refractivity contribution in [2.45, 2.75) is 33.9 Å². The molecule has 0 aliphatic rings. The lowest BCUT2D eigenvalue weighted by atomic mass is 10.00. The molecular formula is C17H20N4. The van der Waals surface area contributed by atoms with E-state index >= 15 is 0 Å². The fraction of sp³-hybridized carbons (Fsp3) is 0.294. The van der Waals surface area contributed by atoms with Crippen molar-refractivity contribution in [2.24, 2.45) is 0 Å². The van der Waals surface area contributed by atoms with Gasteiger partial charge in [-0.15, -0.1) is 10.2 Å². The lowest BCUT2D eigenvalue weighted by Gasteiger charge is -2.12. The SMILES string of the molecule is Cc1cc(C)c(CNCc2nnc3ccccn23)c(C)c1. The molecular weight excluding hydrogens is 260 g/mol. The van der Waals surface area contributed by atoms with E-state index in [4.69, 9.17) is 0 Å². The number of fused-ring (bicyclic) bond motifs is 1. The zero-order chi connectivity index (χ0) is 14.8. The van der Waals surface area contributed by atoms with Crippen LogP contribution in [-0.4, -0.2) is 14.6 Å². The second kappa shape index (κ2) is 5.66. The first-order valence-corrected chi connectivity index (χ1v) is 7.21. The molecule has 0 atom stereocenters. The average Bonchev–Trinajstić information content (AvgIpc) is 2.85. The number of hydrogen-bond donors (Lipinski definition) is 1. The van der Waals surface area contributed by atoms with Crippen LogP contribution in [0.1, 0.15) is 28.1 Å². The van der Waals surface area contributed by atoms with Gasteiger partial charge in [0.2, 0.25) is 0 Å². The van der Waals surface area contributed by atoms with Gasteiger partial charge < -0.3 is 5.32 Å². The number of aromatic nitrogens is 3. The molecule has 0 aliphatic carbocycles. The van der Waals surface area contributed by atoms with Crippen LogP contribution in [0.2, 0.25) is 0 Å². The summed E-state index contributed by atoms with van der Waals surface area (Å²) < 4.78 is 2.02. The summed E-state index contributed by atoms with van der Waals surface area (Å²) in [5.41, 5.74) is 6.25. The van der Waals surface area contributed by atoms with E-state index in [1.165, 1.54) is 22.3 Å². The summed E-state index contributed by atoms with van der Waals surface area (Å²) in [6.45, 7) is 8.03. The first-order chi connectivity index (χ1) is 10.1. The first-order valence-electron chi connectivity index (χ1n) is 7.21. The van der Waals surface area contributed by atoms with Crippen molar-refractivity contribution >= 4 is 5.65 Å². The molecule has 3 rings (SSSR count). The molecule has 1 N–H and O–H groups in total. The van der Waals surface area contributed by atoms with Crippen molar-refractivity contribution in [3.05, 3.63) is 64.6 Å². The second-order valence-electron chi connectivity index (χ2n) is 5.53. The summed E-state index contributed by atoms with van der Waals surface area (Å²) in [7, 11) is 0. The standard InChI is InChI=1S/C17H20N4/c1-12-8-13(2)15(14(3)9-12)10-18-11-17-20-19-16-6-4-5-7-21(16)17/h4-9,18H,10-11H2,1-3H3. The molecule has 0 radical (unpaired) electrons. The van der Waals surface area contributed by atoms with Gasteiger partial charge in [-0.3, -0.25) is 4.40 Å². The Labute approximate surface area is 124 Å². The molecule has 21 heavy (non-hydrogen) atoms. The van der Waals surface area contributed by atoms with E-state index in [-0.39, 0.29) is 0 Å². The van der Waals surface area contributed by atoms with E-state index in [0.29, 0.717) is 6.54 Å². The van der Waals surface area contributed by atoms with Crippen molar-refractivity contribution in [1.82, 2.24) is 19.9 Å². The van der Waals surface area contributed by atoms with E-state index in [1.807, 2.05) is 28.8 Å². The van der Waals surface area contributed by atoms with Crippen LogP contribution in [0.5, 0.6) is 0 Å². The molecule has 0 bridgehead atoms. The van der Waals surface area contributed by atoms with Crippen LogP contribution in [-0.2, 0) is 13.1 Å². The van der Waals surface area contributed by atoms with E-state index < -0.39 is 0 Å². The van der Waals surface area contributed by atoms with E-state index in [1.54, 1.807) is 0 Å². The molecule has 4 nitrogen and oxygen atoms in total. The highest BCUT2D eigenvalue weighted by molar-refractivity contribution is 5.38.